The molecule has 0 bridgehead atoms. The maximum Gasteiger partial charge on any atom is 0.417 e. The van der Waals surface area contributed by atoms with Crippen LogP contribution < -0.4 is 0 Å². The number of fused-ring (bicyclic) bond motifs is 1. The summed E-state index contributed by atoms with van der Waals surface area (Å²) in [5.74, 6) is 0. The molecule has 0 fully saturated rings. The van der Waals surface area contributed by atoms with E-state index >= 15 is 0 Å². The molecule has 150 valence electrons. The summed E-state index contributed by atoms with van der Waals surface area (Å²) in [5, 5.41) is 0. The summed E-state index contributed by atoms with van der Waals surface area (Å²) in [6, 6.07) is 3.36. The Labute approximate surface area is 153 Å². The van der Waals surface area contributed by atoms with Gasteiger partial charge in [0.2, 0.25) is 0 Å². The molecule has 0 aliphatic heterocycles. The van der Waals surface area contributed by atoms with Gasteiger partial charge in [0.1, 0.15) is 0 Å². The number of alkyl halides is 9. The lowest BCUT2D eigenvalue weighted by molar-refractivity contribution is -0.147. The van der Waals surface area contributed by atoms with E-state index in [-0.39, 0.29) is 17.7 Å². The Hall–Kier alpha value is -2.45. The second kappa shape index (κ2) is 6.28. The smallest absolute Gasteiger partial charge is 0.166 e. The number of allylic oxidation sites excluding steroid dienone is 1. The Morgan fingerprint density at radius 3 is 1.75 bits per heavy atom. The molecule has 0 aromatic heterocycles. The summed E-state index contributed by atoms with van der Waals surface area (Å²) in [4.78, 5) is 0. The van der Waals surface area contributed by atoms with Crippen molar-refractivity contribution < 1.29 is 39.5 Å². The first-order valence-corrected chi connectivity index (χ1v) is 7.88. The molecule has 1 aliphatic carbocycles. The first kappa shape index (κ1) is 20.3. The summed E-state index contributed by atoms with van der Waals surface area (Å²) >= 11 is 0. The van der Waals surface area contributed by atoms with Crippen molar-refractivity contribution in [1.82, 2.24) is 0 Å². The summed E-state index contributed by atoms with van der Waals surface area (Å²) in [5.41, 5.74) is -6.26. The molecule has 0 amide bonds. The van der Waals surface area contributed by atoms with E-state index in [1.165, 1.54) is 12.1 Å². The van der Waals surface area contributed by atoms with Gasteiger partial charge in [-0.25, -0.2) is 0 Å². The van der Waals surface area contributed by atoms with Gasteiger partial charge in [-0.1, -0.05) is 29.8 Å². The van der Waals surface area contributed by atoms with Gasteiger partial charge in [-0.05, 0) is 42.2 Å². The standard InChI is InChI=1S/C19H11F9/c1-9-5-10-3-2-4-12(13(10)6-9)16-14(18(23,24)25)7-11(17(20,21)22)8-15(16)19(26,27)28/h2-4,6-8H,5H2,1H3. The summed E-state index contributed by atoms with van der Waals surface area (Å²) in [7, 11) is 0. The van der Waals surface area contributed by atoms with Gasteiger partial charge in [-0.2, -0.15) is 39.5 Å². The molecule has 0 nitrogen and oxygen atoms in total. The van der Waals surface area contributed by atoms with Crippen LogP contribution in [-0.2, 0) is 24.9 Å². The van der Waals surface area contributed by atoms with Crippen LogP contribution in [0.4, 0.5) is 39.5 Å². The van der Waals surface area contributed by atoms with E-state index in [4.69, 9.17) is 0 Å². The molecule has 3 rings (SSSR count). The Balaban J connectivity index is 2.47. The topological polar surface area (TPSA) is 0 Å². The van der Waals surface area contributed by atoms with Gasteiger partial charge in [0.25, 0.3) is 0 Å². The van der Waals surface area contributed by atoms with Crippen molar-refractivity contribution in [3.63, 3.8) is 0 Å². The van der Waals surface area contributed by atoms with Crippen LogP contribution in [0, 0.1) is 0 Å². The van der Waals surface area contributed by atoms with Crippen LogP contribution in [0.25, 0.3) is 17.2 Å². The van der Waals surface area contributed by atoms with Crippen molar-refractivity contribution >= 4 is 6.08 Å². The predicted octanol–water partition coefficient (Wildman–Crippen LogP) is 7.37. The zero-order valence-corrected chi connectivity index (χ0v) is 14.1. The van der Waals surface area contributed by atoms with Crippen LogP contribution in [-0.4, -0.2) is 0 Å². The first-order chi connectivity index (χ1) is 12.7. The zero-order valence-electron chi connectivity index (χ0n) is 14.1. The summed E-state index contributed by atoms with van der Waals surface area (Å²) in [6.45, 7) is 1.66. The van der Waals surface area contributed by atoms with Gasteiger partial charge in [0.15, 0.2) is 0 Å². The molecule has 2 aromatic rings. The fourth-order valence-corrected chi connectivity index (χ4v) is 3.30. The minimum Gasteiger partial charge on any atom is -0.166 e. The van der Waals surface area contributed by atoms with Crippen LogP contribution in [0.5, 0.6) is 0 Å². The Morgan fingerprint density at radius 2 is 1.29 bits per heavy atom. The van der Waals surface area contributed by atoms with Crippen LogP contribution in [0.3, 0.4) is 0 Å². The van der Waals surface area contributed by atoms with Gasteiger partial charge >= 0.3 is 18.5 Å². The maximum atomic E-state index is 13.5. The van der Waals surface area contributed by atoms with E-state index in [9.17, 15) is 39.5 Å². The minimum atomic E-state index is -5.42. The van der Waals surface area contributed by atoms with Crippen molar-refractivity contribution in [2.24, 2.45) is 0 Å². The second-order valence-corrected chi connectivity index (χ2v) is 6.49. The Bertz CT molecular complexity index is 922. The molecule has 0 N–H and O–H groups in total. The van der Waals surface area contributed by atoms with Gasteiger partial charge in [-0.3, -0.25) is 0 Å². The van der Waals surface area contributed by atoms with Crippen molar-refractivity contribution in [3.8, 4) is 11.1 Å². The predicted molar refractivity (Wildman–Crippen MR) is 84.2 cm³/mol. The number of rotatable bonds is 1. The second-order valence-electron chi connectivity index (χ2n) is 6.49. The lowest BCUT2D eigenvalue weighted by Crippen LogP contribution is -2.18. The van der Waals surface area contributed by atoms with Crippen molar-refractivity contribution in [3.05, 3.63) is 63.7 Å². The Kier molecular flexibility index (Phi) is 4.55. The van der Waals surface area contributed by atoms with E-state index in [0.717, 1.165) is 11.6 Å². The van der Waals surface area contributed by atoms with E-state index in [2.05, 4.69) is 0 Å². The van der Waals surface area contributed by atoms with E-state index in [1.54, 1.807) is 13.0 Å². The van der Waals surface area contributed by atoms with E-state index in [1.807, 2.05) is 0 Å². The normalized spacial score (nSPS) is 14.9. The minimum absolute atomic E-state index is 0.149. The molecule has 0 atom stereocenters. The van der Waals surface area contributed by atoms with Gasteiger partial charge in [-0.15, -0.1) is 0 Å². The third kappa shape index (κ3) is 3.62. The third-order valence-corrected chi connectivity index (χ3v) is 4.40. The molecule has 0 spiro atoms. The van der Waals surface area contributed by atoms with E-state index < -0.39 is 46.3 Å². The SMILES string of the molecule is CC1=Cc2c(cccc2-c2c(C(F)(F)F)cc(C(F)(F)F)cc2C(F)(F)F)C1. The van der Waals surface area contributed by atoms with E-state index in [0.29, 0.717) is 12.0 Å². The van der Waals surface area contributed by atoms with Gasteiger partial charge in [0, 0.05) is 5.56 Å². The maximum absolute atomic E-state index is 13.5. The monoisotopic (exact) mass is 410 g/mol. The molecule has 0 unspecified atom stereocenters. The highest BCUT2D eigenvalue weighted by atomic mass is 19.4. The average Bonchev–Trinajstić information content (AvgIpc) is 2.91. The lowest BCUT2D eigenvalue weighted by Gasteiger charge is -2.22. The molecule has 28 heavy (non-hydrogen) atoms. The third-order valence-electron chi connectivity index (χ3n) is 4.40. The molecule has 0 saturated carbocycles. The number of hydrogen-bond donors (Lipinski definition) is 0. The summed E-state index contributed by atoms with van der Waals surface area (Å²) in [6.07, 6.45) is -14.4. The fourth-order valence-electron chi connectivity index (χ4n) is 3.30. The van der Waals surface area contributed by atoms with Gasteiger partial charge in [0.05, 0.1) is 16.7 Å². The summed E-state index contributed by atoms with van der Waals surface area (Å²) < 4.78 is 120. The van der Waals surface area contributed by atoms with Gasteiger partial charge < -0.3 is 0 Å². The van der Waals surface area contributed by atoms with Crippen LogP contribution in [0.15, 0.2) is 35.9 Å². The lowest BCUT2D eigenvalue weighted by atomic mass is 9.88. The van der Waals surface area contributed by atoms with Crippen molar-refractivity contribution in [2.75, 3.05) is 0 Å². The Morgan fingerprint density at radius 1 is 0.750 bits per heavy atom. The van der Waals surface area contributed by atoms with Crippen LogP contribution >= 0.6 is 0 Å². The highest BCUT2D eigenvalue weighted by Gasteiger charge is 2.45. The zero-order chi connectivity index (χ0) is 21.1. The van der Waals surface area contributed by atoms with Crippen LogP contribution in [0.1, 0.15) is 34.7 Å². The molecule has 0 radical (unpaired) electrons. The van der Waals surface area contributed by atoms with Crippen LogP contribution in [0.2, 0.25) is 0 Å². The number of halogens is 9. The molecule has 0 saturated heterocycles. The highest BCUT2D eigenvalue weighted by molar-refractivity contribution is 5.84. The largest absolute Gasteiger partial charge is 0.417 e. The molecule has 9 heteroatoms. The molecular formula is C19H11F9. The first-order valence-electron chi connectivity index (χ1n) is 7.88. The highest BCUT2D eigenvalue weighted by Crippen LogP contribution is 2.49. The number of hydrogen-bond acceptors (Lipinski definition) is 0. The molecule has 1 aliphatic rings. The average molecular weight is 410 g/mol. The molecule has 2 aromatic carbocycles. The van der Waals surface area contributed by atoms with Crippen molar-refractivity contribution in [1.29, 1.82) is 0 Å². The quantitative estimate of drug-likeness (QED) is 0.431. The molecular weight excluding hydrogens is 399 g/mol. The fraction of sp³-hybridized carbons (Fsp3) is 0.263. The van der Waals surface area contributed by atoms with Crippen molar-refractivity contribution in [2.45, 2.75) is 31.9 Å². The number of benzene rings is 2. The molecule has 0 heterocycles.